The van der Waals surface area contributed by atoms with Crippen molar-refractivity contribution >= 4 is 33.4 Å². The van der Waals surface area contributed by atoms with E-state index in [4.69, 9.17) is 9.47 Å². The highest BCUT2D eigenvalue weighted by Gasteiger charge is 2.34. The van der Waals surface area contributed by atoms with Gasteiger partial charge in [-0.25, -0.2) is 15.0 Å². The zero-order valence-electron chi connectivity index (χ0n) is 18.7. The summed E-state index contributed by atoms with van der Waals surface area (Å²) in [6.07, 6.45) is 2.39. The monoisotopic (exact) mass is 487 g/mol. The van der Waals surface area contributed by atoms with Crippen molar-refractivity contribution in [3.05, 3.63) is 66.6 Å². The van der Waals surface area contributed by atoms with Crippen molar-refractivity contribution in [2.24, 2.45) is 0 Å². The van der Waals surface area contributed by atoms with Gasteiger partial charge in [0.25, 0.3) is 11.8 Å². The van der Waals surface area contributed by atoms with Crippen molar-refractivity contribution in [2.75, 3.05) is 32.8 Å². The molecule has 6 rings (SSSR count). The molecule has 2 aromatic heterocycles. The zero-order valence-corrected chi connectivity index (χ0v) is 19.5. The van der Waals surface area contributed by atoms with E-state index in [1.54, 1.807) is 22.1 Å². The van der Waals surface area contributed by atoms with Gasteiger partial charge in [0.05, 0.1) is 10.2 Å². The van der Waals surface area contributed by atoms with Crippen LogP contribution >= 0.6 is 11.3 Å². The summed E-state index contributed by atoms with van der Waals surface area (Å²) in [6.45, 7) is 1.76. The van der Waals surface area contributed by atoms with Gasteiger partial charge in [0.1, 0.15) is 17.3 Å². The van der Waals surface area contributed by atoms with Crippen LogP contribution in [0.1, 0.15) is 10.5 Å². The van der Waals surface area contributed by atoms with E-state index in [0.29, 0.717) is 48.4 Å². The Balaban J connectivity index is 1.14. The first-order valence-electron chi connectivity index (χ1n) is 11.3. The highest BCUT2D eigenvalue weighted by atomic mass is 32.1. The van der Waals surface area contributed by atoms with E-state index in [0.717, 1.165) is 10.2 Å². The van der Waals surface area contributed by atoms with Gasteiger partial charge in [0.2, 0.25) is 6.10 Å². The summed E-state index contributed by atoms with van der Waals surface area (Å²) in [7, 11) is 0. The van der Waals surface area contributed by atoms with E-state index >= 15 is 0 Å². The average molecular weight is 488 g/mol. The first kappa shape index (κ1) is 21.5. The number of amides is 2. The molecule has 0 saturated carbocycles. The fourth-order valence-corrected chi connectivity index (χ4v) is 5.21. The highest BCUT2D eigenvalue weighted by molar-refractivity contribution is 7.21. The number of hydrogen-bond donors (Lipinski definition) is 0. The molecule has 10 heteroatoms. The largest absolute Gasteiger partial charge is 0.485 e. The van der Waals surface area contributed by atoms with Gasteiger partial charge in [0, 0.05) is 38.6 Å². The Morgan fingerprint density at radius 2 is 1.60 bits per heavy atom. The van der Waals surface area contributed by atoms with Crippen LogP contribution in [0, 0.1) is 0 Å². The molecule has 0 bridgehead atoms. The van der Waals surface area contributed by atoms with E-state index in [2.05, 4.69) is 15.0 Å². The molecule has 0 spiro atoms. The molecule has 4 heterocycles. The van der Waals surface area contributed by atoms with Crippen molar-refractivity contribution in [2.45, 2.75) is 6.10 Å². The van der Waals surface area contributed by atoms with Crippen LogP contribution in [0.3, 0.4) is 0 Å². The van der Waals surface area contributed by atoms with Crippen molar-refractivity contribution in [1.82, 2.24) is 24.8 Å². The number of rotatable bonds is 3. The molecule has 1 fully saturated rings. The minimum atomic E-state index is -0.697. The molecule has 0 radical (unpaired) electrons. The standard InChI is InChI=1S/C25H21N5O4S/c31-24(19-15-33-17-6-2-3-7-18(17)34-19)29-11-13-30(14-12-29)25(32)22-21(26-9-10-27-22)23-28-16-5-1-4-8-20(16)35-23/h1-10,19H,11-15H2/t19-/m0/s1. The number of ether oxygens (including phenoxy) is 2. The molecule has 9 nitrogen and oxygen atoms in total. The van der Waals surface area contributed by atoms with Gasteiger partial charge in [-0.15, -0.1) is 11.3 Å². The van der Waals surface area contributed by atoms with Crippen LogP contribution in [-0.4, -0.2) is 75.5 Å². The molecule has 0 unspecified atom stereocenters. The Morgan fingerprint density at radius 1 is 0.886 bits per heavy atom. The van der Waals surface area contributed by atoms with Gasteiger partial charge in [-0.1, -0.05) is 24.3 Å². The lowest BCUT2D eigenvalue weighted by molar-refractivity contribution is -0.142. The summed E-state index contributed by atoms with van der Waals surface area (Å²) < 4.78 is 12.6. The molecule has 2 amide bonds. The Morgan fingerprint density at radius 3 is 2.43 bits per heavy atom. The van der Waals surface area contributed by atoms with Crippen molar-refractivity contribution in [3.8, 4) is 22.2 Å². The predicted octanol–water partition coefficient (Wildman–Crippen LogP) is 2.88. The third-order valence-corrected chi connectivity index (χ3v) is 7.10. The SMILES string of the molecule is O=C(c1nccnc1-c1nc2ccccc2s1)N1CCN(C(=O)[C@@H]2COc3ccccc3O2)CC1. The molecular weight excluding hydrogens is 466 g/mol. The molecule has 0 aliphatic carbocycles. The van der Waals surface area contributed by atoms with Crippen LogP contribution < -0.4 is 9.47 Å². The van der Waals surface area contributed by atoms with Gasteiger partial charge in [-0.3, -0.25) is 9.59 Å². The number of aromatic nitrogens is 3. The number of carbonyl (C=O) groups is 2. The summed E-state index contributed by atoms with van der Waals surface area (Å²) in [5.41, 5.74) is 1.61. The van der Waals surface area contributed by atoms with Gasteiger partial charge in [-0.2, -0.15) is 0 Å². The minimum absolute atomic E-state index is 0.138. The topological polar surface area (TPSA) is 97.8 Å². The molecule has 176 valence electrons. The number of nitrogens with zero attached hydrogens (tertiary/aromatic N) is 5. The molecule has 1 saturated heterocycles. The lowest BCUT2D eigenvalue weighted by Crippen LogP contribution is -2.55. The fraction of sp³-hybridized carbons (Fsp3) is 0.240. The predicted molar refractivity (Wildman–Crippen MR) is 129 cm³/mol. The fourth-order valence-electron chi connectivity index (χ4n) is 4.25. The van der Waals surface area contributed by atoms with Crippen LogP contribution in [-0.2, 0) is 4.79 Å². The Bertz CT molecular complexity index is 1380. The van der Waals surface area contributed by atoms with Crippen LogP contribution in [0.2, 0.25) is 0 Å². The molecule has 2 aliphatic heterocycles. The number of hydrogen-bond acceptors (Lipinski definition) is 8. The Labute approximate surface area is 205 Å². The van der Waals surface area contributed by atoms with Crippen LogP contribution in [0.5, 0.6) is 11.5 Å². The number of fused-ring (bicyclic) bond motifs is 2. The second-order valence-corrected chi connectivity index (χ2v) is 9.25. The van der Waals surface area contributed by atoms with Crippen LogP contribution in [0.25, 0.3) is 20.9 Å². The number of para-hydroxylation sites is 3. The zero-order chi connectivity index (χ0) is 23.8. The maximum atomic E-state index is 13.4. The van der Waals surface area contributed by atoms with Crippen molar-refractivity contribution in [1.29, 1.82) is 0 Å². The van der Waals surface area contributed by atoms with Crippen molar-refractivity contribution in [3.63, 3.8) is 0 Å². The molecule has 1 atom stereocenters. The van der Waals surface area contributed by atoms with Crippen LogP contribution in [0.15, 0.2) is 60.9 Å². The van der Waals surface area contributed by atoms with Gasteiger partial charge in [-0.05, 0) is 24.3 Å². The second kappa shape index (κ2) is 8.95. The summed E-state index contributed by atoms with van der Waals surface area (Å²) in [5.74, 6) is 0.850. The van der Waals surface area contributed by atoms with Crippen LogP contribution in [0.4, 0.5) is 0 Å². The normalized spacial score (nSPS) is 17.4. The maximum Gasteiger partial charge on any atom is 0.274 e. The van der Waals surface area contributed by atoms with E-state index in [1.807, 2.05) is 42.5 Å². The smallest absolute Gasteiger partial charge is 0.274 e. The molecule has 0 N–H and O–H groups in total. The van der Waals surface area contributed by atoms with E-state index in [1.165, 1.54) is 17.5 Å². The third-order valence-electron chi connectivity index (χ3n) is 6.06. The summed E-state index contributed by atoms with van der Waals surface area (Å²) in [4.78, 5) is 43.2. The number of benzene rings is 2. The summed E-state index contributed by atoms with van der Waals surface area (Å²) in [6, 6.07) is 15.1. The third kappa shape index (κ3) is 4.06. The van der Waals surface area contributed by atoms with E-state index in [9.17, 15) is 9.59 Å². The number of carbonyl (C=O) groups excluding carboxylic acids is 2. The first-order valence-corrected chi connectivity index (χ1v) is 12.1. The second-order valence-electron chi connectivity index (χ2n) is 8.22. The lowest BCUT2D eigenvalue weighted by Gasteiger charge is -2.37. The molecular formula is C25H21N5O4S. The molecule has 4 aromatic rings. The summed E-state index contributed by atoms with van der Waals surface area (Å²) >= 11 is 1.48. The molecule has 35 heavy (non-hydrogen) atoms. The lowest BCUT2D eigenvalue weighted by atomic mass is 10.2. The number of thiazole rings is 1. The summed E-state index contributed by atoms with van der Waals surface area (Å²) in [5, 5.41) is 0.659. The average Bonchev–Trinajstić information content (AvgIpc) is 3.36. The quantitative estimate of drug-likeness (QED) is 0.438. The molecule has 2 aliphatic rings. The maximum absolute atomic E-state index is 13.4. The first-order chi connectivity index (χ1) is 17.2. The van der Waals surface area contributed by atoms with Gasteiger partial charge in [0.15, 0.2) is 17.2 Å². The Kier molecular flexibility index (Phi) is 5.49. The minimum Gasteiger partial charge on any atom is -0.485 e. The Hall–Kier alpha value is -4.05. The highest BCUT2D eigenvalue weighted by Crippen LogP contribution is 2.32. The van der Waals surface area contributed by atoms with E-state index < -0.39 is 6.10 Å². The van der Waals surface area contributed by atoms with E-state index in [-0.39, 0.29) is 24.1 Å². The van der Waals surface area contributed by atoms with Gasteiger partial charge >= 0.3 is 0 Å². The molecule has 2 aromatic carbocycles. The number of piperazine rings is 1. The van der Waals surface area contributed by atoms with Crippen molar-refractivity contribution < 1.29 is 19.1 Å². The van der Waals surface area contributed by atoms with Gasteiger partial charge < -0.3 is 19.3 Å².